The SMILES string of the molecule is CC(=O)NC(=O)NNc1ccc([N+](=O)[O-])cc1. The lowest BCUT2D eigenvalue weighted by atomic mass is 10.3. The summed E-state index contributed by atoms with van der Waals surface area (Å²) in [5.41, 5.74) is 5.07. The van der Waals surface area contributed by atoms with Crippen molar-refractivity contribution in [3.63, 3.8) is 0 Å². The second-order valence-electron chi connectivity index (χ2n) is 3.06. The summed E-state index contributed by atoms with van der Waals surface area (Å²) in [6, 6.07) is 4.70. The number of non-ortho nitro benzene ring substituents is 1. The zero-order chi connectivity index (χ0) is 12.8. The fourth-order valence-electron chi connectivity index (χ4n) is 0.987. The topological polar surface area (TPSA) is 113 Å². The molecule has 1 aromatic rings. The first-order valence-electron chi connectivity index (χ1n) is 4.57. The molecule has 0 saturated heterocycles. The maximum atomic E-state index is 11.0. The fraction of sp³-hybridized carbons (Fsp3) is 0.111. The standard InChI is InChI=1S/C9H10N4O4/c1-6(14)10-9(15)12-11-7-2-4-8(5-3-7)13(16)17/h2-5,11H,1H3,(H2,10,12,14,15). The number of benzene rings is 1. The Morgan fingerprint density at radius 2 is 1.82 bits per heavy atom. The minimum Gasteiger partial charge on any atom is -0.297 e. The third-order valence-electron chi connectivity index (χ3n) is 1.69. The number of carbonyl (C=O) groups is 2. The molecule has 8 heteroatoms. The maximum absolute atomic E-state index is 11.0. The lowest BCUT2D eigenvalue weighted by Gasteiger charge is -2.07. The molecule has 0 aliphatic carbocycles. The number of anilines is 1. The minimum absolute atomic E-state index is 0.0521. The van der Waals surface area contributed by atoms with Gasteiger partial charge >= 0.3 is 6.03 Å². The van der Waals surface area contributed by atoms with Crippen molar-refractivity contribution in [3.8, 4) is 0 Å². The summed E-state index contributed by atoms with van der Waals surface area (Å²) in [7, 11) is 0. The largest absolute Gasteiger partial charge is 0.340 e. The molecule has 3 amide bonds. The van der Waals surface area contributed by atoms with E-state index in [0.29, 0.717) is 5.69 Å². The van der Waals surface area contributed by atoms with Crippen LogP contribution >= 0.6 is 0 Å². The molecule has 0 radical (unpaired) electrons. The molecule has 1 rings (SSSR count). The van der Waals surface area contributed by atoms with Gasteiger partial charge in [0.1, 0.15) is 0 Å². The Hall–Kier alpha value is -2.64. The fourth-order valence-corrected chi connectivity index (χ4v) is 0.987. The van der Waals surface area contributed by atoms with Crippen molar-refractivity contribution >= 4 is 23.3 Å². The lowest BCUT2D eigenvalue weighted by molar-refractivity contribution is -0.384. The highest BCUT2D eigenvalue weighted by molar-refractivity contribution is 5.93. The average molecular weight is 238 g/mol. The van der Waals surface area contributed by atoms with E-state index in [2.05, 4.69) is 10.9 Å². The number of nitrogens with one attached hydrogen (secondary N) is 3. The van der Waals surface area contributed by atoms with Gasteiger partial charge in [-0.1, -0.05) is 0 Å². The van der Waals surface area contributed by atoms with Crippen LogP contribution < -0.4 is 16.2 Å². The molecule has 0 bridgehead atoms. The average Bonchev–Trinajstić information content (AvgIpc) is 2.26. The number of imide groups is 1. The van der Waals surface area contributed by atoms with Gasteiger partial charge in [-0.2, -0.15) is 0 Å². The van der Waals surface area contributed by atoms with Crippen molar-refractivity contribution in [2.75, 3.05) is 5.43 Å². The van der Waals surface area contributed by atoms with Gasteiger partial charge in [-0.3, -0.25) is 31.1 Å². The monoisotopic (exact) mass is 238 g/mol. The van der Waals surface area contributed by atoms with E-state index in [1.165, 1.54) is 31.2 Å². The number of urea groups is 1. The summed E-state index contributed by atoms with van der Waals surface area (Å²) in [5.74, 6) is -0.493. The summed E-state index contributed by atoms with van der Waals surface area (Å²) in [6.07, 6.45) is 0. The van der Waals surface area contributed by atoms with Gasteiger partial charge in [-0.25, -0.2) is 4.79 Å². The van der Waals surface area contributed by atoms with Crippen LogP contribution in [0.3, 0.4) is 0 Å². The third kappa shape index (κ3) is 4.16. The van der Waals surface area contributed by atoms with Crippen LogP contribution in [0.1, 0.15) is 6.92 Å². The van der Waals surface area contributed by atoms with E-state index in [4.69, 9.17) is 0 Å². The van der Waals surface area contributed by atoms with Crippen LogP contribution in [0, 0.1) is 10.1 Å². The van der Waals surface area contributed by atoms with Gasteiger partial charge in [0, 0.05) is 19.1 Å². The molecule has 0 heterocycles. The van der Waals surface area contributed by atoms with Gasteiger partial charge in [-0.05, 0) is 12.1 Å². The smallest absolute Gasteiger partial charge is 0.297 e. The highest BCUT2D eigenvalue weighted by atomic mass is 16.6. The molecular weight excluding hydrogens is 228 g/mol. The van der Waals surface area contributed by atoms with Gasteiger partial charge in [0.2, 0.25) is 5.91 Å². The van der Waals surface area contributed by atoms with Crippen LogP contribution in [0.4, 0.5) is 16.2 Å². The van der Waals surface area contributed by atoms with E-state index in [1.807, 2.05) is 5.32 Å². The zero-order valence-electron chi connectivity index (χ0n) is 8.89. The van der Waals surface area contributed by atoms with Crippen molar-refractivity contribution in [3.05, 3.63) is 34.4 Å². The molecule has 8 nitrogen and oxygen atoms in total. The highest BCUT2D eigenvalue weighted by Gasteiger charge is 2.05. The highest BCUT2D eigenvalue weighted by Crippen LogP contribution is 2.14. The van der Waals surface area contributed by atoms with Crippen LogP contribution in [0.2, 0.25) is 0 Å². The van der Waals surface area contributed by atoms with Crippen molar-refractivity contribution < 1.29 is 14.5 Å². The van der Waals surface area contributed by atoms with Crippen molar-refractivity contribution in [1.29, 1.82) is 0 Å². The molecule has 17 heavy (non-hydrogen) atoms. The second-order valence-corrected chi connectivity index (χ2v) is 3.06. The first-order chi connectivity index (χ1) is 7.99. The van der Waals surface area contributed by atoms with Crippen LogP contribution in [0.15, 0.2) is 24.3 Å². The number of hydrogen-bond donors (Lipinski definition) is 3. The summed E-state index contributed by atoms with van der Waals surface area (Å²) in [5, 5.41) is 12.4. The number of amides is 3. The first-order valence-corrected chi connectivity index (χ1v) is 4.57. The maximum Gasteiger partial charge on any atom is 0.340 e. The number of carbonyl (C=O) groups excluding carboxylic acids is 2. The van der Waals surface area contributed by atoms with Gasteiger partial charge in [0.15, 0.2) is 0 Å². The molecule has 0 fully saturated rings. The van der Waals surface area contributed by atoms with Gasteiger partial charge < -0.3 is 0 Å². The van der Waals surface area contributed by atoms with Gasteiger partial charge in [0.05, 0.1) is 10.6 Å². The van der Waals surface area contributed by atoms with E-state index >= 15 is 0 Å². The Kier molecular flexibility index (Phi) is 3.98. The molecule has 90 valence electrons. The summed E-state index contributed by atoms with van der Waals surface area (Å²) in [6.45, 7) is 1.20. The second kappa shape index (κ2) is 5.45. The summed E-state index contributed by atoms with van der Waals surface area (Å²) < 4.78 is 0. The molecule has 1 aromatic carbocycles. The zero-order valence-corrected chi connectivity index (χ0v) is 8.89. The Labute approximate surface area is 96.1 Å². The number of hydrazine groups is 1. The summed E-state index contributed by atoms with van der Waals surface area (Å²) in [4.78, 5) is 31.3. The number of nitrogens with zero attached hydrogens (tertiary/aromatic N) is 1. The summed E-state index contributed by atoms with van der Waals surface area (Å²) >= 11 is 0. The number of nitro benzene ring substituents is 1. The Morgan fingerprint density at radius 3 is 2.29 bits per heavy atom. The number of rotatable bonds is 3. The molecule has 3 N–H and O–H groups in total. The quantitative estimate of drug-likeness (QED) is 0.531. The normalized spacial score (nSPS) is 9.24. The number of nitro groups is 1. The van der Waals surface area contributed by atoms with E-state index < -0.39 is 16.9 Å². The molecule has 0 aliphatic rings. The van der Waals surface area contributed by atoms with Gasteiger partial charge in [-0.15, -0.1) is 0 Å². The molecule has 0 unspecified atom stereocenters. The first kappa shape index (κ1) is 12.4. The molecule has 0 spiro atoms. The lowest BCUT2D eigenvalue weighted by Crippen LogP contribution is -2.41. The Morgan fingerprint density at radius 1 is 1.24 bits per heavy atom. The Balaban J connectivity index is 2.50. The van der Waals surface area contributed by atoms with Crippen molar-refractivity contribution in [1.82, 2.24) is 10.7 Å². The third-order valence-corrected chi connectivity index (χ3v) is 1.69. The molecular formula is C9H10N4O4. The number of hydrogen-bond acceptors (Lipinski definition) is 5. The predicted octanol–water partition coefficient (Wildman–Crippen LogP) is 0.767. The van der Waals surface area contributed by atoms with Crippen LogP contribution in [-0.4, -0.2) is 16.9 Å². The van der Waals surface area contributed by atoms with Crippen LogP contribution in [0.5, 0.6) is 0 Å². The van der Waals surface area contributed by atoms with Crippen molar-refractivity contribution in [2.45, 2.75) is 6.92 Å². The molecule has 0 aliphatic heterocycles. The van der Waals surface area contributed by atoms with E-state index in [0.717, 1.165) is 0 Å². The van der Waals surface area contributed by atoms with Crippen LogP contribution in [0.25, 0.3) is 0 Å². The molecule has 0 atom stereocenters. The van der Waals surface area contributed by atoms with Crippen molar-refractivity contribution in [2.24, 2.45) is 0 Å². The van der Waals surface area contributed by atoms with E-state index in [9.17, 15) is 19.7 Å². The molecule has 0 saturated carbocycles. The minimum atomic E-state index is -0.712. The van der Waals surface area contributed by atoms with Crippen LogP contribution in [-0.2, 0) is 4.79 Å². The van der Waals surface area contributed by atoms with E-state index in [1.54, 1.807) is 0 Å². The molecule has 0 aromatic heterocycles. The Bertz CT molecular complexity index is 443. The van der Waals surface area contributed by atoms with E-state index in [-0.39, 0.29) is 5.69 Å². The predicted molar refractivity (Wildman–Crippen MR) is 59.1 cm³/mol. The van der Waals surface area contributed by atoms with Gasteiger partial charge in [0.25, 0.3) is 5.69 Å².